The van der Waals surface area contributed by atoms with E-state index in [4.69, 9.17) is 4.74 Å². The normalized spacial score (nSPS) is 23.1. The zero-order chi connectivity index (χ0) is 14.4. The Kier molecular flexibility index (Phi) is 5.92. The second-order valence-electron chi connectivity index (χ2n) is 4.97. The minimum Gasteiger partial charge on any atom is -0.366 e. The van der Waals surface area contributed by atoms with Crippen LogP contribution in [-0.4, -0.2) is 29.7 Å². The summed E-state index contributed by atoms with van der Waals surface area (Å²) < 4.78 is 5.92. The van der Waals surface area contributed by atoms with Crippen molar-refractivity contribution in [3.05, 3.63) is 30.3 Å². The van der Waals surface area contributed by atoms with Crippen molar-refractivity contribution in [2.75, 3.05) is 18.1 Å². The molecule has 110 valence electrons. The predicted molar refractivity (Wildman–Crippen MR) is 85.1 cm³/mol. The Balaban J connectivity index is 2.07. The van der Waals surface area contributed by atoms with Crippen molar-refractivity contribution in [3.8, 4) is 0 Å². The van der Waals surface area contributed by atoms with Crippen LogP contribution in [0.5, 0.6) is 0 Å². The molecule has 0 saturated carbocycles. The van der Waals surface area contributed by atoms with Gasteiger partial charge in [-0.05, 0) is 25.0 Å². The molecule has 1 heterocycles. The summed E-state index contributed by atoms with van der Waals surface area (Å²) >= 11 is 1.68. The molecule has 3 nitrogen and oxygen atoms in total. The molecule has 1 aliphatic heterocycles. The standard InChI is InChI=1S/C16H23NO2S/c1-3-5-11-19-15-12-17(13-9-7-6-8-10-13)16(18)14(4-2)20-15/h6-10,14-15H,3-5,11-12H2,1-2H3. The van der Waals surface area contributed by atoms with Crippen molar-refractivity contribution in [2.45, 2.75) is 43.8 Å². The molecule has 20 heavy (non-hydrogen) atoms. The van der Waals surface area contributed by atoms with Crippen molar-refractivity contribution in [1.82, 2.24) is 0 Å². The van der Waals surface area contributed by atoms with E-state index in [1.54, 1.807) is 11.8 Å². The van der Waals surface area contributed by atoms with E-state index in [1.807, 2.05) is 35.2 Å². The highest BCUT2D eigenvalue weighted by Gasteiger charge is 2.34. The van der Waals surface area contributed by atoms with Crippen LogP contribution in [-0.2, 0) is 9.53 Å². The van der Waals surface area contributed by atoms with Crippen LogP contribution in [0.4, 0.5) is 5.69 Å². The third kappa shape index (κ3) is 3.76. The van der Waals surface area contributed by atoms with Crippen LogP contribution in [0.25, 0.3) is 0 Å². The fourth-order valence-corrected chi connectivity index (χ4v) is 3.47. The molecule has 1 aromatic carbocycles. The van der Waals surface area contributed by atoms with Crippen LogP contribution < -0.4 is 4.90 Å². The van der Waals surface area contributed by atoms with Gasteiger partial charge in [0.05, 0.1) is 11.8 Å². The molecule has 1 fully saturated rings. The first kappa shape index (κ1) is 15.4. The number of benzene rings is 1. The van der Waals surface area contributed by atoms with Crippen molar-refractivity contribution < 1.29 is 9.53 Å². The van der Waals surface area contributed by atoms with Gasteiger partial charge in [0.2, 0.25) is 5.91 Å². The summed E-state index contributed by atoms with van der Waals surface area (Å²) in [6, 6.07) is 9.89. The number of nitrogens with zero attached hydrogens (tertiary/aromatic N) is 1. The second kappa shape index (κ2) is 7.70. The third-order valence-corrected chi connectivity index (χ3v) is 4.88. The molecule has 0 aliphatic carbocycles. The first-order valence-electron chi connectivity index (χ1n) is 7.39. The molecule has 1 saturated heterocycles. The quantitative estimate of drug-likeness (QED) is 0.749. The molecule has 1 amide bonds. The number of rotatable bonds is 6. The third-order valence-electron chi connectivity index (χ3n) is 3.43. The van der Waals surface area contributed by atoms with Crippen LogP contribution in [0.3, 0.4) is 0 Å². The molecular formula is C16H23NO2S. The zero-order valence-corrected chi connectivity index (χ0v) is 13.1. The van der Waals surface area contributed by atoms with Gasteiger partial charge in [0, 0.05) is 12.3 Å². The average molecular weight is 293 g/mol. The Hall–Kier alpha value is -1.000. The number of thioether (sulfide) groups is 1. The lowest BCUT2D eigenvalue weighted by Crippen LogP contribution is -2.48. The maximum Gasteiger partial charge on any atom is 0.240 e. The van der Waals surface area contributed by atoms with Gasteiger partial charge in [-0.1, -0.05) is 38.5 Å². The molecule has 1 aromatic rings. The van der Waals surface area contributed by atoms with Crippen molar-refractivity contribution >= 4 is 23.4 Å². The topological polar surface area (TPSA) is 29.5 Å². The lowest BCUT2D eigenvalue weighted by Gasteiger charge is -2.36. The van der Waals surface area contributed by atoms with Crippen LogP contribution in [0, 0.1) is 0 Å². The number of hydrogen-bond acceptors (Lipinski definition) is 3. The first-order chi connectivity index (χ1) is 9.76. The molecule has 1 aliphatic rings. The van der Waals surface area contributed by atoms with Crippen molar-refractivity contribution in [3.63, 3.8) is 0 Å². The smallest absolute Gasteiger partial charge is 0.240 e. The van der Waals surface area contributed by atoms with Crippen molar-refractivity contribution in [2.24, 2.45) is 0 Å². The van der Waals surface area contributed by atoms with E-state index in [0.717, 1.165) is 31.6 Å². The van der Waals surface area contributed by atoms with Gasteiger partial charge in [-0.25, -0.2) is 0 Å². The van der Waals surface area contributed by atoms with Crippen LogP contribution in [0.15, 0.2) is 30.3 Å². The van der Waals surface area contributed by atoms with Gasteiger partial charge in [-0.3, -0.25) is 4.79 Å². The summed E-state index contributed by atoms with van der Waals surface area (Å²) in [6.07, 6.45) is 3.06. The summed E-state index contributed by atoms with van der Waals surface area (Å²) in [7, 11) is 0. The Morgan fingerprint density at radius 1 is 1.30 bits per heavy atom. The molecule has 2 atom stereocenters. The highest BCUT2D eigenvalue weighted by atomic mass is 32.2. The summed E-state index contributed by atoms with van der Waals surface area (Å²) in [5.74, 6) is 0.207. The van der Waals surface area contributed by atoms with Gasteiger partial charge in [0.15, 0.2) is 0 Å². The largest absolute Gasteiger partial charge is 0.366 e. The molecular weight excluding hydrogens is 270 g/mol. The fraction of sp³-hybridized carbons (Fsp3) is 0.562. The van der Waals surface area contributed by atoms with E-state index in [9.17, 15) is 4.79 Å². The number of carbonyl (C=O) groups excluding carboxylic acids is 1. The first-order valence-corrected chi connectivity index (χ1v) is 8.34. The van der Waals surface area contributed by atoms with Crippen LogP contribution in [0.2, 0.25) is 0 Å². The highest BCUT2D eigenvalue weighted by Crippen LogP contribution is 2.32. The highest BCUT2D eigenvalue weighted by molar-refractivity contribution is 8.01. The van der Waals surface area contributed by atoms with E-state index < -0.39 is 0 Å². The maximum atomic E-state index is 12.5. The monoisotopic (exact) mass is 293 g/mol. The molecule has 2 unspecified atom stereocenters. The number of unbranched alkanes of at least 4 members (excludes halogenated alkanes) is 1. The molecule has 2 rings (SSSR count). The molecule has 0 spiro atoms. The molecule has 0 bridgehead atoms. The Labute approximate surface area is 125 Å². The van der Waals surface area contributed by atoms with Crippen molar-refractivity contribution in [1.29, 1.82) is 0 Å². The van der Waals surface area contributed by atoms with Gasteiger partial charge in [-0.2, -0.15) is 0 Å². The number of para-hydroxylation sites is 1. The molecule has 0 N–H and O–H groups in total. The summed E-state index contributed by atoms with van der Waals surface area (Å²) in [5, 5.41) is 0.00980. The number of amides is 1. The number of ether oxygens (including phenoxy) is 1. The summed E-state index contributed by atoms with van der Waals surface area (Å²) in [5.41, 5.74) is 1.06. The minimum absolute atomic E-state index is 0.00980. The lowest BCUT2D eigenvalue weighted by molar-refractivity contribution is -0.118. The van der Waals surface area contributed by atoms with Gasteiger partial charge >= 0.3 is 0 Å². The SMILES string of the molecule is CCCCOC1CN(c2ccccc2)C(=O)C(CC)S1. The van der Waals surface area contributed by atoms with Gasteiger partial charge < -0.3 is 9.64 Å². The average Bonchev–Trinajstić information content (AvgIpc) is 2.49. The minimum atomic E-state index is 0.00980. The van der Waals surface area contributed by atoms with E-state index in [-0.39, 0.29) is 16.6 Å². The lowest BCUT2D eigenvalue weighted by atomic mass is 10.2. The zero-order valence-electron chi connectivity index (χ0n) is 12.2. The number of hydrogen-bond donors (Lipinski definition) is 0. The van der Waals surface area contributed by atoms with E-state index in [0.29, 0.717) is 6.54 Å². The second-order valence-corrected chi connectivity index (χ2v) is 6.34. The van der Waals surface area contributed by atoms with Gasteiger partial charge in [0.25, 0.3) is 0 Å². The maximum absolute atomic E-state index is 12.5. The fourth-order valence-electron chi connectivity index (χ4n) is 2.26. The molecule has 0 radical (unpaired) electrons. The predicted octanol–water partition coefficient (Wildman–Crippen LogP) is 3.69. The number of anilines is 1. The Bertz CT molecular complexity index is 424. The van der Waals surface area contributed by atoms with E-state index >= 15 is 0 Å². The van der Waals surface area contributed by atoms with Crippen LogP contribution in [0.1, 0.15) is 33.1 Å². The van der Waals surface area contributed by atoms with E-state index in [2.05, 4.69) is 13.8 Å². The molecule has 0 aromatic heterocycles. The Morgan fingerprint density at radius 3 is 2.70 bits per heavy atom. The summed E-state index contributed by atoms with van der Waals surface area (Å²) in [4.78, 5) is 14.4. The summed E-state index contributed by atoms with van der Waals surface area (Å²) in [6.45, 7) is 5.65. The van der Waals surface area contributed by atoms with E-state index in [1.165, 1.54) is 0 Å². The number of carbonyl (C=O) groups is 1. The van der Waals surface area contributed by atoms with Crippen LogP contribution >= 0.6 is 11.8 Å². The molecule has 4 heteroatoms. The van der Waals surface area contributed by atoms with Gasteiger partial charge in [0.1, 0.15) is 5.44 Å². The van der Waals surface area contributed by atoms with Gasteiger partial charge in [-0.15, -0.1) is 11.8 Å². The Morgan fingerprint density at radius 2 is 2.05 bits per heavy atom.